The predicted molar refractivity (Wildman–Crippen MR) is 82.1 cm³/mol. The number of nitrogens with zero attached hydrogens (tertiary/aromatic N) is 2. The first-order valence-electron chi connectivity index (χ1n) is 7.04. The van der Waals surface area contributed by atoms with Crippen LogP contribution in [0.15, 0.2) is 28.8 Å². The summed E-state index contributed by atoms with van der Waals surface area (Å²) in [5.74, 6) is 2.53. The molecule has 1 aromatic carbocycles. The van der Waals surface area contributed by atoms with Gasteiger partial charge in [0, 0.05) is 17.5 Å². The standard InChI is InChI=1S/C15H19N3OS/c1-3-10(2)20-9-14-17-15(19-18-14)12-8-16-13-7-5-4-6-11(12)13/h4-7,10,12,16H,3,8-9H2,1-2H3. The van der Waals surface area contributed by atoms with Crippen LogP contribution in [0.3, 0.4) is 0 Å². The van der Waals surface area contributed by atoms with Crippen molar-refractivity contribution < 1.29 is 4.52 Å². The molecule has 5 heteroatoms. The van der Waals surface area contributed by atoms with Gasteiger partial charge in [-0.3, -0.25) is 0 Å². The summed E-state index contributed by atoms with van der Waals surface area (Å²) in [6.07, 6.45) is 1.16. The van der Waals surface area contributed by atoms with Crippen LogP contribution in [0.2, 0.25) is 0 Å². The Labute approximate surface area is 123 Å². The number of thioether (sulfide) groups is 1. The van der Waals surface area contributed by atoms with Crippen LogP contribution in [0.5, 0.6) is 0 Å². The molecule has 0 saturated heterocycles. The molecule has 0 bridgehead atoms. The number of aromatic nitrogens is 2. The molecule has 1 aromatic heterocycles. The molecule has 0 aliphatic carbocycles. The van der Waals surface area contributed by atoms with Crippen molar-refractivity contribution in [3.8, 4) is 0 Å². The molecule has 4 nitrogen and oxygen atoms in total. The third kappa shape index (κ3) is 2.68. The van der Waals surface area contributed by atoms with E-state index in [0.717, 1.165) is 30.4 Å². The lowest BCUT2D eigenvalue weighted by molar-refractivity contribution is 0.366. The van der Waals surface area contributed by atoms with Gasteiger partial charge >= 0.3 is 0 Å². The molecule has 20 heavy (non-hydrogen) atoms. The van der Waals surface area contributed by atoms with Gasteiger partial charge in [-0.05, 0) is 18.1 Å². The van der Waals surface area contributed by atoms with Crippen molar-refractivity contribution in [1.82, 2.24) is 10.1 Å². The first-order valence-corrected chi connectivity index (χ1v) is 8.09. The zero-order valence-electron chi connectivity index (χ0n) is 11.8. The van der Waals surface area contributed by atoms with E-state index in [1.165, 1.54) is 11.3 Å². The Morgan fingerprint density at radius 2 is 2.30 bits per heavy atom. The Hall–Kier alpha value is -1.49. The lowest BCUT2D eigenvalue weighted by atomic mass is 10.0. The molecule has 0 amide bonds. The summed E-state index contributed by atoms with van der Waals surface area (Å²) in [5.41, 5.74) is 2.42. The summed E-state index contributed by atoms with van der Waals surface area (Å²) in [7, 11) is 0. The molecule has 0 radical (unpaired) electrons. The fraction of sp³-hybridized carbons (Fsp3) is 0.467. The van der Waals surface area contributed by atoms with Gasteiger partial charge in [-0.1, -0.05) is 37.2 Å². The Bertz CT molecular complexity index is 584. The zero-order chi connectivity index (χ0) is 13.9. The van der Waals surface area contributed by atoms with Crippen molar-refractivity contribution in [2.45, 2.75) is 37.2 Å². The monoisotopic (exact) mass is 289 g/mol. The minimum atomic E-state index is 0.182. The molecule has 1 aliphatic rings. The maximum absolute atomic E-state index is 5.46. The van der Waals surface area contributed by atoms with E-state index in [4.69, 9.17) is 4.52 Å². The van der Waals surface area contributed by atoms with E-state index in [9.17, 15) is 0 Å². The predicted octanol–water partition coefficient (Wildman–Crippen LogP) is 3.66. The smallest absolute Gasteiger partial charge is 0.236 e. The van der Waals surface area contributed by atoms with Gasteiger partial charge in [-0.25, -0.2) is 0 Å². The van der Waals surface area contributed by atoms with E-state index in [2.05, 4.69) is 47.5 Å². The second-order valence-electron chi connectivity index (χ2n) is 5.10. The maximum atomic E-state index is 5.46. The van der Waals surface area contributed by atoms with Gasteiger partial charge in [-0.15, -0.1) is 0 Å². The molecule has 2 unspecified atom stereocenters. The van der Waals surface area contributed by atoms with E-state index in [1.54, 1.807) is 0 Å². The molecule has 0 saturated carbocycles. The summed E-state index contributed by atoms with van der Waals surface area (Å²) in [4.78, 5) is 4.56. The number of rotatable bonds is 5. The third-order valence-electron chi connectivity index (χ3n) is 3.69. The normalized spacial score (nSPS) is 18.6. The molecule has 1 N–H and O–H groups in total. The third-order valence-corrected chi connectivity index (χ3v) is 5.01. The van der Waals surface area contributed by atoms with Gasteiger partial charge in [0.25, 0.3) is 0 Å². The number of anilines is 1. The Kier molecular flexibility index (Phi) is 3.96. The van der Waals surface area contributed by atoms with Crippen molar-refractivity contribution >= 4 is 17.4 Å². The molecule has 106 valence electrons. The fourth-order valence-corrected chi connectivity index (χ4v) is 3.09. The number of para-hydroxylation sites is 1. The number of fused-ring (bicyclic) bond motifs is 1. The second-order valence-corrected chi connectivity index (χ2v) is 6.53. The quantitative estimate of drug-likeness (QED) is 0.910. The van der Waals surface area contributed by atoms with Gasteiger partial charge in [0.05, 0.1) is 11.7 Å². The van der Waals surface area contributed by atoms with Crippen molar-refractivity contribution in [2.75, 3.05) is 11.9 Å². The summed E-state index contributed by atoms with van der Waals surface area (Å²) in [6.45, 7) is 5.25. The van der Waals surface area contributed by atoms with Gasteiger partial charge in [-0.2, -0.15) is 16.7 Å². The van der Waals surface area contributed by atoms with E-state index >= 15 is 0 Å². The van der Waals surface area contributed by atoms with E-state index < -0.39 is 0 Å². The molecule has 2 heterocycles. The SMILES string of the molecule is CCC(C)SCc1noc(C2CNc3ccccc32)n1. The molecular formula is C15H19N3OS. The average Bonchev–Trinajstić information content (AvgIpc) is 3.10. The number of benzene rings is 1. The van der Waals surface area contributed by atoms with Crippen LogP contribution in [-0.4, -0.2) is 21.9 Å². The topological polar surface area (TPSA) is 51.0 Å². The Morgan fingerprint density at radius 1 is 1.45 bits per heavy atom. The highest BCUT2D eigenvalue weighted by Crippen LogP contribution is 2.35. The molecule has 3 rings (SSSR count). The highest BCUT2D eigenvalue weighted by molar-refractivity contribution is 7.99. The van der Waals surface area contributed by atoms with Crippen LogP contribution >= 0.6 is 11.8 Å². The lowest BCUT2D eigenvalue weighted by Crippen LogP contribution is -2.04. The number of hydrogen-bond donors (Lipinski definition) is 1. The fourth-order valence-electron chi connectivity index (χ4n) is 2.31. The number of nitrogens with one attached hydrogen (secondary N) is 1. The Balaban J connectivity index is 1.72. The van der Waals surface area contributed by atoms with Gasteiger partial charge in [0.1, 0.15) is 0 Å². The number of hydrogen-bond acceptors (Lipinski definition) is 5. The summed E-state index contributed by atoms with van der Waals surface area (Å²) in [6, 6.07) is 8.30. The first kappa shape index (κ1) is 13.5. The largest absolute Gasteiger partial charge is 0.384 e. The van der Waals surface area contributed by atoms with E-state index in [-0.39, 0.29) is 5.92 Å². The van der Waals surface area contributed by atoms with Crippen LogP contribution < -0.4 is 5.32 Å². The van der Waals surface area contributed by atoms with Crippen LogP contribution in [0, 0.1) is 0 Å². The molecule has 1 aliphatic heterocycles. The molecule has 2 aromatic rings. The van der Waals surface area contributed by atoms with Gasteiger partial charge in [0.2, 0.25) is 5.89 Å². The molecular weight excluding hydrogens is 270 g/mol. The van der Waals surface area contributed by atoms with Crippen molar-refractivity contribution in [3.05, 3.63) is 41.5 Å². The zero-order valence-corrected chi connectivity index (χ0v) is 12.6. The van der Waals surface area contributed by atoms with E-state index in [1.807, 2.05) is 17.8 Å². The minimum Gasteiger partial charge on any atom is -0.384 e. The van der Waals surface area contributed by atoms with Crippen molar-refractivity contribution in [1.29, 1.82) is 0 Å². The van der Waals surface area contributed by atoms with Crippen LogP contribution in [0.1, 0.15) is 43.5 Å². The van der Waals surface area contributed by atoms with Crippen LogP contribution in [0.25, 0.3) is 0 Å². The molecule has 0 spiro atoms. The van der Waals surface area contributed by atoms with Crippen molar-refractivity contribution in [3.63, 3.8) is 0 Å². The van der Waals surface area contributed by atoms with Crippen molar-refractivity contribution in [2.24, 2.45) is 0 Å². The van der Waals surface area contributed by atoms with E-state index in [0.29, 0.717) is 5.25 Å². The second kappa shape index (κ2) is 5.87. The van der Waals surface area contributed by atoms with Gasteiger partial charge < -0.3 is 9.84 Å². The summed E-state index contributed by atoms with van der Waals surface area (Å²) in [5, 5.41) is 8.12. The highest BCUT2D eigenvalue weighted by atomic mass is 32.2. The van der Waals surface area contributed by atoms with Gasteiger partial charge in [0.15, 0.2) is 5.82 Å². The summed E-state index contributed by atoms with van der Waals surface area (Å²) >= 11 is 1.87. The summed E-state index contributed by atoms with van der Waals surface area (Å²) < 4.78 is 5.46. The highest BCUT2D eigenvalue weighted by Gasteiger charge is 2.28. The maximum Gasteiger partial charge on any atom is 0.236 e. The average molecular weight is 289 g/mol. The van der Waals surface area contributed by atoms with Crippen LogP contribution in [-0.2, 0) is 5.75 Å². The van der Waals surface area contributed by atoms with Crippen LogP contribution in [0.4, 0.5) is 5.69 Å². The Morgan fingerprint density at radius 3 is 3.15 bits per heavy atom. The molecule has 0 fully saturated rings. The minimum absolute atomic E-state index is 0.182. The first-order chi connectivity index (χ1) is 9.78. The lowest BCUT2D eigenvalue weighted by Gasteiger charge is -2.04. The molecule has 2 atom stereocenters.